The first-order chi connectivity index (χ1) is 5.77. The van der Waals surface area contributed by atoms with E-state index in [-0.39, 0.29) is 0 Å². The molecule has 0 radical (unpaired) electrons. The fraction of sp³-hybridized carbons (Fsp3) is 0.333. The number of benzene rings is 1. The largest absolute Gasteiger partial charge is 0.0915 e. The van der Waals surface area contributed by atoms with Crippen molar-refractivity contribution >= 4 is 12.2 Å². The summed E-state index contributed by atoms with van der Waals surface area (Å²) in [6, 6.07) is 6.58. The van der Waals surface area contributed by atoms with Crippen molar-refractivity contribution in [3.05, 3.63) is 34.2 Å². The Morgan fingerprint density at radius 1 is 1.25 bits per heavy atom. The van der Waals surface area contributed by atoms with Crippen LogP contribution in [0.3, 0.4) is 0 Å². The number of aryl methyl sites for hydroxylation is 1. The Hall–Kier alpha value is -1.04. The third-order valence-corrected chi connectivity index (χ3v) is 2.71. The van der Waals surface area contributed by atoms with Gasteiger partial charge in [-0.3, -0.25) is 0 Å². The fourth-order valence-electron chi connectivity index (χ4n) is 1.56. The molecule has 0 amide bonds. The van der Waals surface area contributed by atoms with E-state index in [1.165, 1.54) is 30.0 Å². The van der Waals surface area contributed by atoms with Crippen LogP contribution in [0.4, 0.5) is 0 Å². The molecule has 0 unspecified atom stereocenters. The van der Waals surface area contributed by atoms with Crippen LogP contribution in [0.15, 0.2) is 18.2 Å². The SMILES string of the molecule is C=c1ccc(=C2CCC2)cc1C. The Balaban J connectivity index is 2.61. The molecular weight excluding hydrogens is 144 g/mol. The van der Waals surface area contributed by atoms with Gasteiger partial charge in [0.2, 0.25) is 0 Å². The summed E-state index contributed by atoms with van der Waals surface area (Å²) < 4.78 is 0. The number of hydrogen-bond acceptors (Lipinski definition) is 0. The van der Waals surface area contributed by atoms with E-state index >= 15 is 0 Å². The Kier molecular flexibility index (Phi) is 1.76. The van der Waals surface area contributed by atoms with Crippen molar-refractivity contribution in [3.63, 3.8) is 0 Å². The van der Waals surface area contributed by atoms with Crippen LogP contribution in [0.2, 0.25) is 0 Å². The zero-order valence-electron chi connectivity index (χ0n) is 7.56. The van der Waals surface area contributed by atoms with Gasteiger partial charge >= 0.3 is 0 Å². The summed E-state index contributed by atoms with van der Waals surface area (Å²) in [4.78, 5) is 0. The average Bonchev–Trinajstić information content (AvgIpc) is 1.93. The van der Waals surface area contributed by atoms with Crippen molar-refractivity contribution in [2.24, 2.45) is 0 Å². The quantitative estimate of drug-likeness (QED) is 0.539. The van der Waals surface area contributed by atoms with Crippen LogP contribution in [0, 0.1) is 6.92 Å². The number of rotatable bonds is 0. The lowest BCUT2D eigenvalue weighted by atomic mass is 9.90. The third-order valence-electron chi connectivity index (χ3n) is 2.71. The molecule has 1 fully saturated rings. The maximum atomic E-state index is 3.96. The summed E-state index contributed by atoms with van der Waals surface area (Å²) in [5, 5.41) is 2.59. The smallest absolute Gasteiger partial charge is 0.0262 e. The Labute approximate surface area is 73.2 Å². The minimum absolute atomic E-state index is 1.15. The molecule has 0 aromatic heterocycles. The second kappa shape index (κ2) is 2.78. The van der Waals surface area contributed by atoms with E-state index in [1.54, 1.807) is 5.57 Å². The number of hydrogen-bond donors (Lipinski definition) is 0. The molecule has 0 N–H and O–H groups in total. The van der Waals surface area contributed by atoms with Crippen LogP contribution >= 0.6 is 0 Å². The van der Waals surface area contributed by atoms with Crippen molar-refractivity contribution in [1.82, 2.24) is 0 Å². The highest BCUT2D eigenvalue weighted by atomic mass is 14.1. The van der Waals surface area contributed by atoms with Gasteiger partial charge in [-0.05, 0) is 42.2 Å². The Morgan fingerprint density at radius 2 is 2.00 bits per heavy atom. The van der Waals surface area contributed by atoms with Gasteiger partial charge in [0.25, 0.3) is 0 Å². The van der Waals surface area contributed by atoms with Gasteiger partial charge in [0.05, 0.1) is 0 Å². The van der Waals surface area contributed by atoms with E-state index in [9.17, 15) is 0 Å². The molecule has 1 aromatic rings. The van der Waals surface area contributed by atoms with E-state index in [1.807, 2.05) is 0 Å². The lowest BCUT2D eigenvalue weighted by Gasteiger charge is -2.16. The Morgan fingerprint density at radius 3 is 2.50 bits per heavy atom. The summed E-state index contributed by atoms with van der Waals surface area (Å²) in [6.07, 6.45) is 3.98. The van der Waals surface area contributed by atoms with E-state index in [0.717, 1.165) is 5.22 Å². The molecule has 0 aliphatic heterocycles. The van der Waals surface area contributed by atoms with Crippen LogP contribution in [0.5, 0.6) is 0 Å². The van der Waals surface area contributed by atoms with E-state index in [2.05, 4.69) is 31.7 Å². The topological polar surface area (TPSA) is 0 Å². The molecule has 1 aromatic carbocycles. The maximum absolute atomic E-state index is 3.96. The Bertz CT molecular complexity index is 393. The van der Waals surface area contributed by atoms with Gasteiger partial charge in [-0.1, -0.05) is 30.4 Å². The van der Waals surface area contributed by atoms with E-state index < -0.39 is 0 Å². The molecule has 0 saturated heterocycles. The van der Waals surface area contributed by atoms with Crippen LogP contribution < -0.4 is 10.4 Å². The molecule has 0 bridgehead atoms. The van der Waals surface area contributed by atoms with Crippen LogP contribution in [0.25, 0.3) is 12.2 Å². The van der Waals surface area contributed by atoms with Gasteiger partial charge in [-0.15, -0.1) is 0 Å². The monoisotopic (exact) mass is 158 g/mol. The van der Waals surface area contributed by atoms with Crippen molar-refractivity contribution in [2.75, 3.05) is 0 Å². The molecule has 0 spiro atoms. The minimum Gasteiger partial charge on any atom is -0.0915 e. The standard InChI is InChI=1S/C12H14/c1-9-6-7-12(8-10(9)2)11-4-3-5-11/h6-8H,1,3-5H2,2H3. The summed E-state index contributed by atoms with van der Waals surface area (Å²) in [5.74, 6) is 0. The average molecular weight is 158 g/mol. The predicted octanol–water partition coefficient (Wildman–Crippen LogP) is 1.74. The normalized spacial score (nSPS) is 15.9. The van der Waals surface area contributed by atoms with Crippen molar-refractivity contribution in [3.8, 4) is 0 Å². The second-order valence-corrected chi connectivity index (χ2v) is 3.60. The van der Waals surface area contributed by atoms with Gasteiger partial charge in [0, 0.05) is 0 Å². The van der Waals surface area contributed by atoms with Gasteiger partial charge in [-0.25, -0.2) is 0 Å². The van der Waals surface area contributed by atoms with Crippen LogP contribution in [-0.4, -0.2) is 0 Å². The van der Waals surface area contributed by atoms with Crippen LogP contribution in [-0.2, 0) is 0 Å². The molecule has 12 heavy (non-hydrogen) atoms. The summed E-state index contributed by atoms with van der Waals surface area (Å²) in [7, 11) is 0. The fourth-order valence-corrected chi connectivity index (χ4v) is 1.56. The van der Waals surface area contributed by atoms with Crippen molar-refractivity contribution < 1.29 is 0 Å². The van der Waals surface area contributed by atoms with Gasteiger partial charge in [0.1, 0.15) is 0 Å². The highest BCUT2D eigenvalue weighted by Crippen LogP contribution is 2.24. The van der Waals surface area contributed by atoms with E-state index in [0.29, 0.717) is 0 Å². The first-order valence-corrected chi connectivity index (χ1v) is 4.55. The predicted molar refractivity (Wildman–Crippen MR) is 53.2 cm³/mol. The van der Waals surface area contributed by atoms with Crippen molar-refractivity contribution in [2.45, 2.75) is 26.2 Å². The molecule has 62 valence electrons. The third kappa shape index (κ3) is 1.18. The molecule has 0 heterocycles. The van der Waals surface area contributed by atoms with Crippen LogP contribution in [0.1, 0.15) is 24.8 Å². The summed E-state index contributed by atoms with van der Waals surface area (Å²) >= 11 is 0. The second-order valence-electron chi connectivity index (χ2n) is 3.60. The highest BCUT2D eigenvalue weighted by molar-refractivity contribution is 5.50. The van der Waals surface area contributed by atoms with Gasteiger partial charge in [-0.2, -0.15) is 0 Å². The highest BCUT2D eigenvalue weighted by Gasteiger charge is 2.08. The lowest BCUT2D eigenvalue weighted by molar-refractivity contribution is 0.752. The molecule has 0 heteroatoms. The zero-order valence-corrected chi connectivity index (χ0v) is 7.56. The molecule has 1 aliphatic rings. The maximum Gasteiger partial charge on any atom is -0.0262 e. The van der Waals surface area contributed by atoms with Gasteiger partial charge < -0.3 is 0 Å². The minimum atomic E-state index is 1.15. The summed E-state index contributed by atoms with van der Waals surface area (Å²) in [6.45, 7) is 6.09. The first kappa shape index (κ1) is 7.60. The molecular formula is C12H14. The van der Waals surface area contributed by atoms with Gasteiger partial charge in [0.15, 0.2) is 0 Å². The molecule has 1 saturated carbocycles. The molecule has 0 nitrogen and oxygen atoms in total. The van der Waals surface area contributed by atoms with E-state index in [4.69, 9.17) is 0 Å². The lowest BCUT2D eigenvalue weighted by Crippen LogP contribution is -2.16. The molecule has 2 rings (SSSR count). The zero-order chi connectivity index (χ0) is 8.55. The van der Waals surface area contributed by atoms with Crippen molar-refractivity contribution in [1.29, 1.82) is 0 Å². The first-order valence-electron chi connectivity index (χ1n) is 4.55. The molecule has 1 aliphatic carbocycles. The summed E-state index contributed by atoms with van der Waals surface area (Å²) in [5.41, 5.74) is 2.94. The molecule has 0 atom stereocenters.